The molecule has 0 radical (unpaired) electrons. The Bertz CT molecular complexity index is 2010. The van der Waals surface area contributed by atoms with Gasteiger partial charge >= 0.3 is 12.1 Å². The molecule has 1 fully saturated rings. The molecule has 0 spiro atoms. The Morgan fingerprint density at radius 2 is 1.63 bits per heavy atom. The van der Waals surface area contributed by atoms with Crippen LogP contribution in [0.4, 0.5) is 21.2 Å². The van der Waals surface area contributed by atoms with Crippen molar-refractivity contribution in [2.75, 3.05) is 37.3 Å². The first-order valence-electron chi connectivity index (χ1n) is 15.1. The van der Waals surface area contributed by atoms with E-state index in [0.717, 1.165) is 33.1 Å². The van der Waals surface area contributed by atoms with Crippen molar-refractivity contribution in [2.45, 2.75) is 12.6 Å². The van der Waals surface area contributed by atoms with Crippen LogP contribution in [0.3, 0.4) is 0 Å². The Labute approximate surface area is 265 Å². The molecular formula is C35H32N8O3. The molecule has 2 aromatic heterocycles. The van der Waals surface area contributed by atoms with Crippen molar-refractivity contribution < 1.29 is 14.3 Å². The van der Waals surface area contributed by atoms with Gasteiger partial charge < -0.3 is 20.3 Å². The lowest BCUT2D eigenvalue weighted by atomic mass is 10.0. The number of anilines is 2. The molecule has 46 heavy (non-hydrogen) atoms. The number of nitrogens with one attached hydrogen (secondary N) is 2. The van der Waals surface area contributed by atoms with Crippen LogP contribution >= 0.6 is 0 Å². The van der Waals surface area contributed by atoms with Gasteiger partial charge in [-0.25, -0.2) is 29.1 Å². The molecule has 0 aliphatic carbocycles. The van der Waals surface area contributed by atoms with Gasteiger partial charge in [-0.1, -0.05) is 78.9 Å². The van der Waals surface area contributed by atoms with Crippen LogP contribution < -0.4 is 10.6 Å². The molecule has 0 saturated carbocycles. The number of aromatic nitrogens is 4. The number of hydrogen-bond acceptors (Lipinski definition) is 7. The second-order valence-electron chi connectivity index (χ2n) is 10.9. The van der Waals surface area contributed by atoms with Crippen LogP contribution in [-0.2, 0) is 11.3 Å². The van der Waals surface area contributed by atoms with Gasteiger partial charge in [0.05, 0.1) is 22.8 Å². The number of ether oxygens (including phenoxy) is 1. The van der Waals surface area contributed by atoms with Crippen molar-refractivity contribution in [2.24, 2.45) is 0 Å². The molecule has 11 nitrogen and oxygen atoms in total. The van der Waals surface area contributed by atoms with Crippen LogP contribution in [-0.4, -0.2) is 68.1 Å². The maximum atomic E-state index is 13.8. The van der Waals surface area contributed by atoms with Gasteiger partial charge in [-0.15, -0.1) is 0 Å². The lowest BCUT2D eigenvalue weighted by Crippen LogP contribution is -2.53. The van der Waals surface area contributed by atoms with Crippen LogP contribution in [0.5, 0.6) is 0 Å². The third kappa shape index (κ3) is 5.54. The van der Waals surface area contributed by atoms with Crippen molar-refractivity contribution in [1.29, 1.82) is 0 Å². The number of imidazole rings is 1. The van der Waals surface area contributed by atoms with Gasteiger partial charge in [0.1, 0.15) is 6.61 Å². The molecule has 7 rings (SSSR count). The maximum absolute atomic E-state index is 13.8. The van der Waals surface area contributed by atoms with Gasteiger partial charge in [-0.2, -0.15) is 0 Å². The van der Waals surface area contributed by atoms with Crippen molar-refractivity contribution >= 4 is 45.6 Å². The van der Waals surface area contributed by atoms with E-state index in [2.05, 4.69) is 20.6 Å². The zero-order valence-electron chi connectivity index (χ0n) is 25.2. The summed E-state index contributed by atoms with van der Waals surface area (Å²) in [6.07, 6.45) is 2.89. The van der Waals surface area contributed by atoms with Crippen LogP contribution in [0.2, 0.25) is 0 Å². The van der Waals surface area contributed by atoms with E-state index < -0.39 is 12.1 Å². The Hall–Kier alpha value is -5.97. The van der Waals surface area contributed by atoms with E-state index >= 15 is 0 Å². The minimum Gasteiger partial charge on any atom is -0.445 e. The minimum absolute atomic E-state index is 0.141. The lowest BCUT2D eigenvalue weighted by molar-refractivity contribution is 0.0524. The number of para-hydroxylation sites is 1. The molecule has 11 heteroatoms. The number of hydrogen-bond donors (Lipinski definition) is 2. The lowest BCUT2D eigenvalue weighted by Gasteiger charge is -2.41. The van der Waals surface area contributed by atoms with Gasteiger partial charge in [0.15, 0.2) is 0 Å². The summed E-state index contributed by atoms with van der Waals surface area (Å²) < 4.78 is 7.64. The topological polar surface area (TPSA) is 118 Å². The number of urea groups is 1. The Kier molecular flexibility index (Phi) is 7.86. The van der Waals surface area contributed by atoms with Gasteiger partial charge in [0.25, 0.3) is 0 Å². The summed E-state index contributed by atoms with van der Waals surface area (Å²) in [6.45, 7) is 0.985. The average Bonchev–Trinajstić information content (AvgIpc) is 3.50. The summed E-state index contributed by atoms with van der Waals surface area (Å²) >= 11 is 0. The number of rotatable bonds is 6. The Morgan fingerprint density at radius 3 is 2.46 bits per heavy atom. The van der Waals surface area contributed by atoms with E-state index in [0.29, 0.717) is 24.0 Å². The molecule has 1 saturated heterocycles. The number of piperazine rings is 1. The molecule has 3 heterocycles. The second kappa shape index (κ2) is 12.6. The molecular weight excluding hydrogens is 580 g/mol. The summed E-state index contributed by atoms with van der Waals surface area (Å²) in [7, 11) is 1.79. The predicted molar refractivity (Wildman–Crippen MR) is 177 cm³/mol. The highest BCUT2D eigenvalue weighted by atomic mass is 16.6. The number of amides is 3. The molecule has 3 amide bonds. The molecule has 4 aromatic carbocycles. The van der Waals surface area contributed by atoms with Crippen LogP contribution in [0.1, 0.15) is 17.2 Å². The minimum atomic E-state index is -0.538. The number of carbonyl (C=O) groups excluding carboxylic acids is 2. The van der Waals surface area contributed by atoms with Gasteiger partial charge in [0, 0.05) is 50.0 Å². The fourth-order valence-electron chi connectivity index (χ4n) is 5.95. The first-order valence-corrected chi connectivity index (χ1v) is 15.1. The molecule has 1 unspecified atom stereocenters. The van der Waals surface area contributed by atoms with Crippen molar-refractivity contribution in [3.05, 3.63) is 121 Å². The fraction of sp³-hybridized carbons (Fsp3) is 0.171. The van der Waals surface area contributed by atoms with E-state index in [9.17, 15) is 9.59 Å². The highest BCUT2D eigenvalue weighted by Crippen LogP contribution is 2.34. The molecule has 1 aliphatic heterocycles. The third-order valence-electron chi connectivity index (χ3n) is 8.19. The number of fused-ring (bicyclic) bond motifs is 2. The summed E-state index contributed by atoms with van der Waals surface area (Å²) in [5.74, 6) is 1.01. The Balaban J connectivity index is 1.24. The monoisotopic (exact) mass is 612 g/mol. The van der Waals surface area contributed by atoms with Crippen LogP contribution in [0.25, 0.3) is 27.8 Å². The van der Waals surface area contributed by atoms with E-state index in [-0.39, 0.29) is 25.7 Å². The smallest absolute Gasteiger partial charge is 0.410 e. The summed E-state index contributed by atoms with van der Waals surface area (Å²) in [5, 5.41) is 8.24. The average molecular weight is 613 g/mol. The van der Waals surface area contributed by atoms with Crippen LogP contribution in [0.15, 0.2) is 109 Å². The molecule has 1 aliphatic rings. The zero-order valence-corrected chi connectivity index (χ0v) is 25.2. The first kappa shape index (κ1) is 28.8. The number of benzene rings is 4. The summed E-state index contributed by atoms with van der Waals surface area (Å²) in [5.41, 5.74) is 3.84. The molecule has 6 aromatic rings. The van der Waals surface area contributed by atoms with E-state index in [1.807, 2.05) is 95.6 Å². The number of nitrogens with zero attached hydrogens (tertiary/aromatic N) is 6. The second-order valence-corrected chi connectivity index (χ2v) is 10.9. The van der Waals surface area contributed by atoms with Gasteiger partial charge in [-0.3, -0.25) is 4.90 Å². The standard InChI is InChI=1S/C35H32N8O3/c1-36-32-40-31-27(15-8-17-29(31)43(32)33-37-18-9-19-38-33)30-22-41(20-21-42(30)35(45)46-23-24-10-3-2-4-11-24)34(44)39-28-16-7-13-25-12-5-6-14-26(25)28/h2-19,30H,20-23H2,1H3,(H,36,40)(H,39,44). The quantitative estimate of drug-likeness (QED) is 0.229. The predicted octanol–water partition coefficient (Wildman–Crippen LogP) is 6.24. The van der Waals surface area contributed by atoms with Crippen molar-refractivity contribution in [1.82, 2.24) is 29.3 Å². The molecule has 230 valence electrons. The first-order chi connectivity index (χ1) is 22.6. The van der Waals surface area contributed by atoms with Crippen LogP contribution in [0, 0.1) is 0 Å². The zero-order chi connectivity index (χ0) is 31.5. The van der Waals surface area contributed by atoms with Gasteiger partial charge in [-0.05, 0) is 29.1 Å². The Morgan fingerprint density at radius 1 is 0.870 bits per heavy atom. The summed E-state index contributed by atoms with van der Waals surface area (Å²) in [6, 6.07) is 30.1. The molecule has 0 bridgehead atoms. The van der Waals surface area contributed by atoms with E-state index in [1.54, 1.807) is 35.3 Å². The molecule has 1 atom stereocenters. The van der Waals surface area contributed by atoms with Gasteiger partial charge in [0.2, 0.25) is 11.9 Å². The van der Waals surface area contributed by atoms with Crippen molar-refractivity contribution in [3.8, 4) is 5.95 Å². The normalized spacial score (nSPS) is 14.8. The SMILES string of the molecule is CNc1nc2c(C3CN(C(=O)Nc4cccc5ccccc45)CCN3C(=O)OCc3ccccc3)cccc2n1-c1ncccn1. The maximum Gasteiger partial charge on any atom is 0.410 e. The third-order valence-corrected chi connectivity index (χ3v) is 8.19. The highest BCUT2D eigenvalue weighted by molar-refractivity contribution is 6.01. The molecule has 2 N–H and O–H groups in total. The summed E-state index contributed by atoms with van der Waals surface area (Å²) in [4.78, 5) is 44.7. The largest absolute Gasteiger partial charge is 0.445 e. The fourth-order valence-corrected chi connectivity index (χ4v) is 5.95. The van der Waals surface area contributed by atoms with E-state index in [1.165, 1.54) is 0 Å². The number of carbonyl (C=O) groups is 2. The highest BCUT2D eigenvalue weighted by Gasteiger charge is 2.36. The van der Waals surface area contributed by atoms with E-state index in [4.69, 9.17) is 9.72 Å². The van der Waals surface area contributed by atoms with Crippen molar-refractivity contribution in [3.63, 3.8) is 0 Å².